The van der Waals surface area contributed by atoms with E-state index in [1.165, 1.54) is 19.2 Å². The fourth-order valence-electron chi connectivity index (χ4n) is 1.54. The van der Waals surface area contributed by atoms with E-state index in [1.807, 2.05) is 19.1 Å². The molecular weight excluding hydrogens is 310 g/mol. The maximum Gasteiger partial charge on any atom is 0.276 e. The molecule has 0 aliphatic carbocycles. The summed E-state index contributed by atoms with van der Waals surface area (Å²) in [5.41, 5.74) is 1.64. The largest absolute Gasteiger partial charge is 0.321 e. The van der Waals surface area contributed by atoms with Crippen molar-refractivity contribution in [1.82, 2.24) is 9.78 Å². The van der Waals surface area contributed by atoms with E-state index in [-0.39, 0.29) is 17.2 Å². The first-order valence-corrected chi connectivity index (χ1v) is 6.38. The molecule has 0 atom stereocenters. The lowest BCUT2D eigenvalue weighted by Gasteiger charge is -2.07. The van der Waals surface area contributed by atoms with Gasteiger partial charge in [-0.25, -0.2) is 4.68 Å². The van der Waals surface area contributed by atoms with Gasteiger partial charge in [0.1, 0.15) is 5.69 Å². The highest BCUT2D eigenvalue weighted by Gasteiger charge is 2.09. The normalized spacial score (nSPS) is 10.3. The Bertz CT molecular complexity index is 695. The van der Waals surface area contributed by atoms with E-state index in [4.69, 9.17) is 0 Å². The Morgan fingerprint density at radius 3 is 2.68 bits per heavy atom. The lowest BCUT2D eigenvalue weighted by atomic mass is 10.2. The molecule has 0 radical (unpaired) electrons. The van der Waals surface area contributed by atoms with Crippen molar-refractivity contribution in [1.29, 1.82) is 0 Å². The number of carbonyl (C=O) groups is 1. The summed E-state index contributed by atoms with van der Waals surface area (Å²) in [7, 11) is 1.50. The molecule has 5 nitrogen and oxygen atoms in total. The number of carbonyl (C=O) groups excluding carboxylic acids is 1. The molecule has 2 aromatic rings. The van der Waals surface area contributed by atoms with Crippen molar-refractivity contribution in [3.8, 4) is 0 Å². The van der Waals surface area contributed by atoms with E-state index in [0.717, 1.165) is 14.7 Å². The highest BCUT2D eigenvalue weighted by Crippen LogP contribution is 2.20. The van der Waals surface area contributed by atoms with E-state index in [1.54, 1.807) is 6.07 Å². The SMILES string of the molecule is Cc1cc(NC(=O)c2ccc(=O)n(C)n2)ccc1Br. The Balaban J connectivity index is 2.22. The maximum absolute atomic E-state index is 12.0. The fourth-order valence-corrected chi connectivity index (χ4v) is 1.79. The van der Waals surface area contributed by atoms with E-state index in [9.17, 15) is 9.59 Å². The van der Waals surface area contributed by atoms with E-state index >= 15 is 0 Å². The topological polar surface area (TPSA) is 64.0 Å². The Morgan fingerprint density at radius 1 is 1.32 bits per heavy atom. The van der Waals surface area contributed by atoms with E-state index in [0.29, 0.717) is 5.69 Å². The Morgan fingerprint density at radius 2 is 2.05 bits per heavy atom. The second kappa shape index (κ2) is 5.36. The zero-order valence-corrected chi connectivity index (χ0v) is 12.1. The number of hydrogen-bond acceptors (Lipinski definition) is 3. The van der Waals surface area contributed by atoms with Gasteiger partial charge in [0, 0.05) is 23.3 Å². The van der Waals surface area contributed by atoms with Crippen molar-refractivity contribution in [3.63, 3.8) is 0 Å². The average molecular weight is 322 g/mol. The van der Waals surface area contributed by atoms with Crippen LogP contribution in [0, 0.1) is 6.92 Å². The number of aromatic nitrogens is 2. The maximum atomic E-state index is 12.0. The summed E-state index contributed by atoms with van der Waals surface area (Å²) in [4.78, 5) is 23.2. The van der Waals surface area contributed by atoms with Crippen molar-refractivity contribution < 1.29 is 4.79 Å². The third-order valence-electron chi connectivity index (χ3n) is 2.61. The molecule has 1 amide bonds. The van der Waals surface area contributed by atoms with Gasteiger partial charge in [-0.05, 0) is 36.8 Å². The molecule has 0 fully saturated rings. The molecule has 0 aliphatic heterocycles. The quantitative estimate of drug-likeness (QED) is 0.921. The van der Waals surface area contributed by atoms with Gasteiger partial charge >= 0.3 is 0 Å². The van der Waals surface area contributed by atoms with Gasteiger partial charge in [-0.2, -0.15) is 5.10 Å². The smallest absolute Gasteiger partial charge is 0.276 e. The molecule has 0 saturated carbocycles. The fraction of sp³-hybridized carbons (Fsp3) is 0.154. The summed E-state index contributed by atoms with van der Waals surface area (Å²) in [6.45, 7) is 1.93. The Labute approximate surface area is 118 Å². The van der Waals surface area contributed by atoms with Crippen molar-refractivity contribution in [3.05, 3.63) is 56.4 Å². The summed E-state index contributed by atoms with van der Waals surface area (Å²) in [6, 6.07) is 8.22. The first-order valence-electron chi connectivity index (χ1n) is 5.59. The number of anilines is 1. The van der Waals surface area contributed by atoms with Crippen LogP contribution in [-0.4, -0.2) is 15.7 Å². The minimum Gasteiger partial charge on any atom is -0.321 e. The van der Waals surface area contributed by atoms with E-state index in [2.05, 4.69) is 26.3 Å². The molecule has 19 heavy (non-hydrogen) atoms. The minimum atomic E-state index is -0.350. The number of benzene rings is 1. The number of amides is 1. The van der Waals surface area contributed by atoms with Gasteiger partial charge in [0.2, 0.25) is 0 Å². The molecule has 1 heterocycles. The highest BCUT2D eigenvalue weighted by molar-refractivity contribution is 9.10. The monoisotopic (exact) mass is 321 g/mol. The molecule has 2 rings (SSSR count). The lowest BCUT2D eigenvalue weighted by molar-refractivity contribution is 0.102. The predicted octanol–water partition coefficient (Wildman–Crippen LogP) is 2.10. The van der Waals surface area contributed by atoms with Crippen LogP contribution < -0.4 is 10.9 Å². The van der Waals surface area contributed by atoms with Gasteiger partial charge in [0.15, 0.2) is 0 Å². The summed E-state index contributed by atoms with van der Waals surface area (Å²) in [5, 5.41) is 6.63. The number of aryl methyl sites for hydroxylation is 2. The van der Waals surface area contributed by atoms with Crippen LogP contribution in [0.5, 0.6) is 0 Å². The molecule has 6 heteroatoms. The molecule has 0 saturated heterocycles. The molecular formula is C13H12BrN3O2. The summed E-state index contributed by atoms with van der Waals surface area (Å²) >= 11 is 3.39. The molecule has 0 aliphatic rings. The molecule has 1 aromatic heterocycles. The summed E-state index contributed by atoms with van der Waals surface area (Å²) in [6.07, 6.45) is 0. The summed E-state index contributed by atoms with van der Waals surface area (Å²) < 4.78 is 2.10. The van der Waals surface area contributed by atoms with Gasteiger partial charge in [0.05, 0.1) is 0 Å². The standard InChI is InChI=1S/C13H12BrN3O2/c1-8-7-9(3-4-10(8)14)15-13(19)11-5-6-12(18)17(2)16-11/h3-7H,1-2H3,(H,15,19). The number of hydrogen-bond donors (Lipinski definition) is 1. The number of rotatable bonds is 2. The number of nitrogens with zero attached hydrogens (tertiary/aromatic N) is 2. The third-order valence-corrected chi connectivity index (χ3v) is 3.50. The Hall–Kier alpha value is -1.95. The van der Waals surface area contributed by atoms with Gasteiger partial charge in [0.25, 0.3) is 11.5 Å². The molecule has 0 bridgehead atoms. The van der Waals surface area contributed by atoms with Crippen molar-refractivity contribution in [2.75, 3.05) is 5.32 Å². The number of halogens is 1. The predicted molar refractivity (Wildman–Crippen MR) is 76.3 cm³/mol. The van der Waals surface area contributed by atoms with Crippen molar-refractivity contribution in [2.24, 2.45) is 7.05 Å². The van der Waals surface area contributed by atoms with Crippen LogP contribution in [-0.2, 0) is 7.05 Å². The summed E-state index contributed by atoms with van der Waals surface area (Å²) in [5.74, 6) is -0.350. The molecule has 1 N–H and O–H groups in total. The molecule has 98 valence electrons. The van der Waals surface area contributed by atoms with E-state index < -0.39 is 0 Å². The second-order valence-corrected chi connectivity index (χ2v) is 4.95. The van der Waals surface area contributed by atoms with Gasteiger partial charge in [-0.3, -0.25) is 9.59 Å². The molecule has 0 unspecified atom stereocenters. The van der Waals surface area contributed by atoms with Crippen LogP contribution in [0.2, 0.25) is 0 Å². The van der Waals surface area contributed by atoms with Crippen LogP contribution in [0.4, 0.5) is 5.69 Å². The first kappa shape index (κ1) is 13.5. The van der Waals surface area contributed by atoms with Gasteiger partial charge < -0.3 is 5.32 Å². The number of nitrogens with one attached hydrogen (secondary N) is 1. The lowest BCUT2D eigenvalue weighted by Crippen LogP contribution is -2.23. The van der Waals surface area contributed by atoms with Crippen molar-refractivity contribution in [2.45, 2.75) is 6.92 Å². The van der Waals surface area contributed by atoms with Crippen LogP contribution in [0.15, 0.2) is 39.6 Å². The molecule has 1 aromatic carbocycles. The first-order chi connectivity index (χ1) is 8.97. The zero-order valence-electron chi connectivity index (χ0n) is 10.5. The highest BCUT2D eigenvalue weighted by atomic mass is 79.9. The van der Waals surface area contributed by atoms with Gasteiger partial charge in [-0.15, -0.1) is 0 Å². The second-order valence-electron chi connectivity index (χ2n) is 4.10. The zero-order chi connectivity index (χ0) is 14.0. The minimum absolute atomic E-state index is 0.197. The van der Waals surface area contributed by atoms with Crippen molar-refractivity contribution >= 4 is 27.5 Å². The van der Waals surface area contributed by atoms with Crippen LogP contribution in [0.3, 0.4) is 0 Å². The van der Waals surface area contributed by atoms with Crippen LogP contribution in [0.25, 0.3) is 0 Å². The van der Waals surface area contributed by atoms with Gasteiger partial charge in [-0.1, -0.05) is 15.9 Å². The van der Waals surface area contributed by atoms with Crippen LogP contribution in [0.1, 0.15) is 16.1 Å². The Kier molecular flexibility index (Phi) is 3.80. The van der Waals surface area contributed by atoms with Crippen LogP contribution >= 0.6 is 15.9 Å². The average Bonchev–Trinajstić information content (AvgIpc) is 2.37. The third kappa shape index (κ3) is 3.08. The molecule has 0 spiro atoms.